The molecule has 1 atom stereocenters. The number of H-pyrrole nitrogens is 1. The van der Waals surface area contributed by atoms with Crippen LogP contribution in [0.4, 0.5) is 10.2 Å². The molecular weight excluding hydrogens is 421 g/mol. The van der Waals surface area contributed by atoms with Gasteiger partial charge in [0.25, 0.3) is 11.5 Å². The van der Waals surface area contributed by atoms with E-state index >= 15 is 0 Å². The van der Waals surface area contributed by atoms with E-state index in [1.165, 1.54) is 6.07 Å². The molecule has 8 heteroatoms. The molecule has 0 saturated carbocycles. The molecule has 1 saturated heterocycles. The molecule has 2 aromatic carbocycles. The van der Waals surface area contributed by atoms with Crippen LogP contribution in [0.3, 0.4) is 0 Å². The second-order valence-corrected chi connectivity index (χ2v) is 8.13. The minimum atomic E-state index is -0.552. The van der Waals surface area contributed by atoms with Gasteiger partial charge in [-0.15, -0.1) is 0 Å². The van der Waals surface area contributed by atoms with Crippen LogP contribution in [0.15, 0.2) is 71.7 Å². The van der Waals surface area contributed by atoms with Crippen LogP contribution in [0.25, 0.3) is 10.8 Å². The number of nitrogens with one attached hydrogen (secondary N) is 2. The summed E-state index contributed by atoms with van der Waals surface area (Å²) in [5.74, 6) is -0.131. The highest BCUT2D eigenvalue weighted by molar-refractivity contribution is 5.95. The van der Waals surface area contributed by atoms with Crippen LogP contribution in [0.2, 0.25) is 0 Å². The maximum atomic E-state index is 14.6. The lowest BCUT2D eigenvalue weighted by Gasteiger charge is -2.18. The van der Waals surface area contributed by atoms with Crippen molar-refractivity contribution in [2.24, 2.45) is 0 Å². The third-order valence-corrected chi connectivity index (χ3v) is 5.90. The summed E-state index contributed by atoms with van der Waals surface area (Å²) in [5, 5.41) is 11.3. The third kappa shape index (κ3) is 4.32. The number of rotatable bonds is 5. The van der Waals surface area contributed by atoms with Crippen molar-refractivity contribution >= 4 is 22.5 Å². The topological polar surface area (TPSA) is 91.0 Å². The van der Waals surface area contributed by atoms with Gasteiger partial charge in [-0.1, -0.05) is 30.3 Å². The lowest BCUT2D eigenvalue weighted by atomic mass is 10.0. The summed E-state index contributed by atoms with van der Waals surface area (Å²) in [4.78, 5) is 31.1. The van der Waals surface area contributed by atoms with Gasteiger partial charge in [0.15, 0.2) is 0 Å². The first kappa shape index (κ1) is 20.8. The van der Waals surface area contributed by atoms with Crippen LogP contribution in [0.1, 0.15) is 28.0 Å². The molecule has 2 aromatic heterocycles. The summed E-state index contributed by atoms with van der Waals surface area (Å²) in [6, 6.07) is 17.4. The van der Waals surface area contributed by atoms with E-state index in [2.05, 4.69) is 20.5 Å². The van der Waals surface area contributed by atoms with E-state index in [1.54, 1.807) is 35.4 Å². The van der Waals surface area contributed by atoms with Crippen LogP contribution in [-0.2, 0) is 6.42 Å². The monoisotopic (exact) mass is 443 g/mol. The SMILES string of the molecule is O=C(c1cc(Cc2n[nH]c(=O)c3ccccc23)ccc1F)N1CC[C@@H](Nc2ccccn2)C1. The highest BCUT2D eigenvalue weighted by Crippen LogP contribution is 2.22. The van der Waals surface area contributed by atoms with Crippen molar-refractivity contribution in [1.82, 2.24) is 20.1 Å². The first-order chi connectivity index (χ1) is 16.1. The molecule has 1 fully saturated rings. The number of fused-ring (bicyclic) bond motifs is 1. The first-order valence-corrected chi connectivity index (χ1v) is 10.8. The van der Waals surface area contributed by atoms with E-state index in [9.17, 15) is 14.0 Å². The smallest absolute Gasteiger partial charge is 0.272 e. The number of benzene rings is 2. The van der Waals surface area contributed by atoms with Gasteiger partial charge in [-0.2, -0.15) is 5.10 Å². The molecule has 1 aliphatic rings. The molecule has 0 radical (unpaired) electrons. The van der Waals surface area contributed by atoms with Gasteiger partial charge in [0.1, 0.15) is 11.6 Å². The van der Waals surface area contributed by atoms with E-state index in [1.807, 2.05) is 30.3 Å². The van der Waals surface area contributed by atoms with E-state index in [0.29, 0.717) is 30.6 Å². The number of carbonyl (C=O) groups is 1. The van der Waals surface area contributed by atoms with Gasteiger partial charge in [-0.3, -0.25) is 9.59 Å². The number of amides is 1. The van der Waals surface area contributed by atoms with Crippen LogP contribution < -0.4 is 10.9 Å². The molecule has 0 spiro atoms. The summed E-state index contributed by atoms with van der Waals surface area (Å²) < 4.78 is 14.6. The summed E-state index contributed by atoms with van der Waals surface area (Å²) in [6.07, 6.45) is 2.83. The predicted molar refractivity (Wildman–Crippen MR) is 124 cm³/mol. The average Bonchev–Trinajstić information content (AvgIpc) is 3.31. The highest BCUT2D eigenvalue weighted by Gasteiger charge is 2.28. The Morgan fingerprint density at radius 2 is 1.94 bits per heavy atom. The Labute approximate surface area is 189 Å². The predicted octanol–water partition coefficient (Wildman–Crippen LogP) is 3.37. The Morgan fingerprint density at radius 3 is 2.76 bits per heavy atom. The minimum Gasteiger partial charge on any atom is -0.365 e. The molecule has 5 rings (SSSR count). The Balaban J connectivity index is 1.35. The molecule has 1 amide bonds. The molecule has 2 N–H and O–H groups in total. The van der Waals surface area contributed by atoms with Gasteiger partial charge in [0, 0.05) is 37.1 Å². The van der Waals surface area contributed by atoms with Crippen LogP contribution in [0, 0.1) is 5.82 Å². The molecule has 33 heavy (non-hydrogen) atoms. The summed E-state index contributed by atoms with van der Waals surface area (Å²) in [6.45, 7) is 1.02. The number of aromatic amines is 1. The number of hydrogen-bond acceptors (Lipinski definition) is 5. The normalized spacial score (nSPS) is 15.7. The fourth-order valence-electron chi connectivity index (χ4n) is 4.24. The van der Waals surface area contributed by atoms with E-state index in [4.69, 9.17) is 0 Å². The van der Waals surface area contributed by atoms with Crippen molar-refractivity contribution in [2.75, 3.05) is 18.4 Å². The fraction of sp³-hybridized carbons (Fsp3) is 0.200. The summed E-state index contributed by atoms with van der Waals surface area (Å²) in [5.41, 5.74) is 1.19. The van der Waals surface area contributed by atoms with Gasteiger partial charge in [0.2, 0.25) is 0 Å². The van der Waals surface area contributed by atoms with Crippen LogP contribution in [-0.4, -0.2) is 45.1 Å². The van der Waals surface area contributed by atoms with Gasteiger partial charge in [0.05, 0.1) is 16.6 Å². The molecule has 0 unspecified atom stereocenters. The number of nitrogens with zero attached hydrogens (tertiary/aromatic N) is 3. The number of aromatic nitrogens is 3. The van der Waals surface area contributed by atoms with Crippen molar-refractivity contribution in [1.29, 1.82) is 0 Å². The summed E-state index contributed by atoms with van der Waals surface area (Å²) >= 11 is 0. The zero-order chi connectivity index (χ0) is 22.8. The van der Waals surface area contributed by atoms with Gasteiger partial charge < -0.3 is 10.2 Å². The molecule has 3 heterocycles. The Morgan fingerprint density at radius 1 is 1.12 bits per heavy atom. The second kappa shape index (κ2) is 8.82. The van der Waals surface area contributed by atoms with Gasteiger partial charge >= 0.3 is 0 Å². The van der Waals surface area contributed by atoms with Crippen molar-refractivity contribution in [3.05, 3.63) is 99.9 Å². The Bertz CT molecular complexity index is 1370. The number of hydrogen-bond donors (Lipinski definition) is 2. The van der Waals surface area contributed by atoms with E-state index < -0.39 is 5.82 Å². The molecular formula is C25H22FN5O2. The maximum Gasteiger partial charge on any atom is 0.272 e. The number of likely N-dealkylation sites (tertiary alicyclic amines) is 1. The lowest BCUT2D eigenvalue weighted by Crippen LogP contribution is -2.32. The quantitative estimate of drug-likeness (QED) is 0.494. The standard InChI is InChI=1S/C25H22FN5O2/c26-21-9-8-16(14-22-18-5-1-2-6-19(18)24(32)30-29-22)13-20(21)25(33)31-12-10-17(15-31)28-23-7-3-4-11-27-23/h1-9,11,13,17H,10,12,14-15H2,(H,27,28)(H,30,32)/t17-/m1/s1. The molecule has 4 aromatic rings. The zero-order valence-corrected chi connectivity index (χ0v) is 17.8. The third-order valence-electron chi connectivity index (χ3n) is 5.90. The van der Waals surface area contributed by atoms with Crippen LogP contribution >= 0.6 is 0 Å². The molecule has 166 valence electrons. The molecule has 1 aliphatic heterocycles. The lowest BCUT2D eigenvalue weighted by molar-refractivity contribution is 0.0787. The summed E-state index contributed by atoms with van der Waals surface area (Å²) in [7, 11) is 0. The number of pyridine rings is 1. The number of anilines is 1. The molecule has 0 bridgehead atoms. The van der Waals surface area contributed by atoms with Crippen molar-refractivity contribution in [3.8, 4) is 0 Å². The first-order valence-electron chi connectivity index (χ1n) is 10.8. The zero-order valence-electron chi connectivity index (χ0n) is 17.8. The van der Waals surface area contributed by atoms with E-state index in [0.717, 1.165) is 23.2 Å². The fourth-order valence-corrected chi connectivity index (χ4v) is 4.24. The largest absolute Gasteiger partial charge is 0.365 e. The van der Waals surface area contributed by atoms with Crippen LogP contribution in [0.5, 0.6) is 0 Å². The number of carbonyl (C=O) groups excluding carboxylic acids is 1. The highest BCUT2D eigenvalue weighted by atomic mass is 19.1. The van der Waals surface area contributed by atoms with Crippen molar-refractivity contribution in [3.63, 3.8) is 0 Å². The molecule has 7 nitrogen and oxygen atoms in total. The van der Waals surface area contributed by atoms with Gasteiger partial charge in [-0.25, -0.2) is 14.5 Å². The average molecular weight is 443 g/mol. The van der Waals surface area contributed by atoms with Crippen molar-refractivity contribution in [2.45, 2.75) is 18.9 Å². The minimum absolute atomic E-state index is 0.0414. The second-order valence-electron chi connectivity index (χ2n) is 8.13. The number of halogens is 1. The van der Waals surface area contributed by atoms with E-state index in [-0.39, 0.29) is 23.1 Å². The van der Waals surface area contributed by atoms with Crippen molar-refractivity contribution < 1.29 is 9.18 Å². The van der Waals surface area contributed by atoms with Gasteiger partial charge in [-0.05, 0) is 42.3 Å². The molecule has 0 aliphatic carbocycles. The maximum absolute atomic E-state index is 14.6. The Kier molecular flexibility index (Phi) is 5.56. The Hall–Kier alpha value is -4.07.